The molecule has 0 aliphatic rings. The number of alkyl carbamates (subject to hydrolysis) is 1. The zero-order valence-corrected chi connectivity index (χ0v) is 23.7. The topological polar surface area (TPSA) is 87.7 Å². The first kappa shape index (κ1) is 29.9. The van der Waals surface area contributed by atoms with Gasteiger partial charge < -0.3 is 20.3 Å². The Morgan fingerprint density at radius 2 is 1.62 bits per heavy atom. The Bertz CT molecular complexity index is 1090. The molecule has 0 fully saturated rings. The van der Waals surface area contributed by atoms with E-state index in [1.165, 1.54) is 0 Å². The predicted octanol–water partition coefficient (Wildman–Crippen LogP) is 6.16. The third-order valence-corrected chi connectivity index (χ3v) is 6.25. The standard InChI is InChI=1S/C30H43N3O4/c1-10-21(5)25(32-29(36)37-30(7,8)9)28(35)33(19(2)3)26(23-16-13-14-20(4)18-23)27(34)31-24-17-12-11-15-22(24)6/h11-19,21,25-26H,10H2,1-9H3,(H,31,34)(H,32,36). The van der Waals surface area contributed by atoms with Gasteiger partial charge in [-0.1, -0.05) is 68.3 Å². The number of anilines is 1. The zero-order chi connectivity index (χ0) is 27.9. The van der Waals surface area contributed by atoms with Crippen molar-refractivity contribution in [3.05, 3.63) is 65.2 Å². The summed E-state index contributed by atoms with van der Waals surface area (Å²) in [5, 5.41) is 5.82. The number of nitrogens with one attached hydrogen (secondary N) is 2. The summed E-state index contributed by atoms with van der Waals surface area (Å²) in [6.45, 7) is 16.8. The van der Waals surface area contributed by atoms with E-state index in [1.807, 2.05) is 90.1 Å². The number of carbonyl (C=O) groups excluding carboxylic acids is 3. The van der Waals surface area contributed by atoms with Crippen molar-refractivity contribution < 1.29 is 19.1 Å². The minimum Gasteiger partial charge on any atom is -0.444 e. The molecule has 3 amide bonds. The average molecular weight is 510 g/mol. The molecule has 3 atom stereocenters. The van der Waals surface area contributed by atoms with Crippen molar-refractivity contribution in [3.63, 3.8) is 0 Å². The number of nitrogens with zero attached hydrogens (tertiary/aromatic N) is 1. The molecule has 0 aliphatic heterocycles. The van der Waals surface area contributed by atoms with Crippen LogP contribution >= 0.6 is 0 Å². The van der Waals surface area contributed by atoms with Crippen molar-refractivity contribution >= 4 is 23.6 Å². The molecule has 0 saturated heterocycles. The second-order valence-corrected chi connectivity index (χ2v) is 11.0. The van der Waals surface area contributed by atoms with Crippen molar-refractivity contribution in [2.24, 2.45) is 5.92 Å². The molecule has 0 saturated carbocycles. The first-order chi connectivity index (χ1) is 17.2. The highest BCUT2D eigenvalue weighted by atomic mass is 16.6. The lowest BCUT2D eigenvalue weighted by molar-refractivity contribution is -0.144. The minimum absolute atomic E-state index is 0.182. The summed E-state index contributed by atoms with van der Waals surface area (Å²) in [6, 6.07) is 13.1. The van der Waals surface area contributed by atoms with Gasteiger partial charge in [0.2, 0.25) is 5.91 Å². The fraction of sp³-hybridized carbons (Fsp3) is 0.500. The molecule has 0 bridgehead atoms. The lowest BCUT2D eigenvalue weighted by Crippen LogP contribution is -2.56. The number of carbonyl (C=O) groups is 3. The second-order valence-electron chi connectivity index (χ2n) is 11.0. The molecule has 7 nitrogen and oxygen atoms in total. The normalized spacial score (nSPS) is 13.9. The third kappa shape index (κ3) is 8.34. The van der Waals surface area contributed by atoms with Crippen LogP contribution in [0, 0.1) is 19.8 Å². The Morgan fingerprint density at radius 3 is 2.16 bits per heavy atom. The molecule has 0 heterocycles. The highest BCUT2D eigenvalue weighted by Gasteiger charge is 2.39. The highest BCUT2D eigenvalue weighted by molar-refractivity contribution is 5.99. The number of aryl methyl sites for hydroxylation is 2. The Hall–Kier alpha value is -3.35. The van der Waals surface area contributed by atoms with Gasteiger partial charge in [0.15, 0.2) is 0 Å². The summed E-state index contributed by atoms with van der Waals surface area (Å²) in [6.07, 6.45) is -0.00540. The van der Waals surface area contributed by atoms with Crippen LogP contribution in [0.25, 0.3) is 0 Å². The van der Waals surface area contributed by atoms with Crippen LogP contribution in [0.3, 0.4) is 0 Å². The minimum atomic E-state index is -0.904. The van der Waals surface area contributed by atoms with Crippen molar-refractivity contribution in [1.82, 2.24) is 10.2 Å². The van der Waals surface area contributed by atoms with E-state index in [2.05, 4.69) is 10.6 Å². The predicted molar refractivity (Wildman–Crippen MR) is 148 cm³/mol. The first-order valence-corrected chi connectivity index (χ1v) is 13.0. The number of amides is 3. The first-order valence-electron chi connectivity index (χ1n) is 13.0. The second kappa shape index (κ2) is 12.7. The number of benzene rings is 2. The number of hydrogen-bond acceptors (Lipinski definition) is 4. The van der Waals surface area contributed by atoms with E-state index in [-0.39, 0.29) is 23.8 Å². The van der Waals surface area contributed by atoms with Gasteiger partial charge in [-0.3, -0.25) is 9.59 Å². The lowest BCUT2D eigenvalue weighted by Gasteiger charge is -2.38. The molecule has 2 N–H and O–H groups in total. The third-order valence-electron chi connectivity index (χ3n) is 6.25. The van der Waals surface area contributed by atoms with Gasteiger partial charge in [0.1, 0.15) is 17.7 Å². The SMILES string of the molecule is CCC(C)C(NC(=O)OC(C)(C)C)C(=O)N(C(C)C)C(C(=O)Nc1ccccc1C)c1cccc(C)c1. The van der Waals surface area contributed by atoms with Crippen LogP contribution in [0.5, 0.6) is 0 Å². The molecule has 0 spiro atoms. The van der Waals surface area contributed by atoms with Crippen LogP contribution in [0.2, 0.25) is 0 Å². The summed E-state index contributed by atoms with van der Waals surface area (Å²) in [4.78, 5) is 42.3. The van der Waals surface area contributed by atoms with Crippen LogP contribution in [-0.2, 0) is 14.3 Å². The monoisotopic (exact) mass is 509 g/mol. The van der Waals surface area contributed by atoms with Gasteiger partial charge in [0.25, 0.3) is 5.91 Å². The van der Waals surface area contributed by atoms with Gasteiger partial charge in [-0.2, -0.15) is 0 Å². The van der Waals surface area contributed by atoms with E-state index in [9.17, 15) is 14.4 Å². The summed E-state index contributed by atoms with van der Waals surface area (Å²) in [5.74, 6) is -0.831. The summed E-state index contributed by atoms with van der Waals surface area (Å²) in [7, 11) is 0. The fourth-order valence-electron chi connectivity index (χ4n) is 4.15. The molecule has 0 aliphatic carbocycles. The van der Waals surface area contributed by atoms with Gasteiger partial charge in [-0.05, 0) is 71.6 Å². The number of ether oxygens (including phenoxy) is 1. The van der Waals surface area contributed by atoms with Crippen molar-refractivity contribution in [2.45, 2.75) is 92.5 Å². The van der Waals surface area contributed by atoms with E-state index in [0.717, 1.165) is 11.1 Å². The lowest BCUT2D eigenvalue weighted by atomic mass is 9.94. The maximum atomic E-state index is 14.2. The number of para-hydroxylation sites is 1. The smallest absolute Gasteiger partial charge is 0.408 e. The largest absolute Gasteiger partial charge is 0.444 e. The molecule has 2 rings (SSSR count). The van der Waals surface area contributed by atoms with Gasteiger partial charge in [0.05, 0.1) is 0 Å². The number of hydrogen-bond donors (Lipinski definition) is 2. The average Bonchev–Trinajstić information content (AvgIpc) is 2.80. The van der Waals surface area contributed by atoms with Crippen LogP contribution in [-0.4, -0.2) is 40.5 Å². The molecule has 0 aromatic heterocycles. The summed E-state index contributed by atoms with van der Waals surface area (Å²) in [5.41, 5.74) is 2.58. The molecule has 7 heteroatoms. The molecule has 37 heavy (non-hydrogen) atoms. The van der Waals surface area contributed by atoms with Gasteiger partial charge in [-0.15, -0.1) is 0 Å². The Kier molecular flexibility index (Phi) is 10.3. The zero-order valence-electron chi connectivity index (χ0n) is 23.7. The molecule has 2 aromatic carbocycles. The quantitative estimate of drug-likeness (QED) is 0.424. The van der Waals surface area contributed by atoms with E-state index in [4.69, 9.17) is 4.74 Å². The molecule has 0 radical (unpaired) electrons. The van der Waals surface area contributed by atoms with E-state index in [1.54, 1.807) is 25.7 Å². The van der Waals surface area contributed by atoms with Gasteiger partial charge in [0, 0.05) is 11.7 Å². The summed E-state index contributed by atoms with van der Waals surface area (Å²) >= 11 is 0. The maximum absolute atomic E-state index is 14.2. The molecular weight excluding hydrogens is 466 g/mol. The van der Waals surface area contributed by atoms with Crippen LogP contribution in [0.4, 0.5) is 10.5 Å². The molecular formula is C30H43N3O4. The van der Waals surface area contributed by atoms with Crippen LogP contribution < -0.4 is 10.6 Å². The van der Waals surface area contributed by atoms with E-state index >= 15 is 0 Å². The molecule has 202 valence electrons. The Balaban J connectivity index is 2.55. The Labute approximate surface area is 222 Å². The molecule has 2 aromatic rings. The fourth-order valence-corrected chi connectivity index (χ4v) is 4.15. The highest BCUT2D eigenvalue weighted by Crippen LogP contribution is 2.29. The van der Waals surface area contributed by atoms with Gasteiger partial charge >= 0.3 is 6.09 Å². The van der Waals surface area contributed by atoms with Crippen LogP contribution in [0.1, 0.15) is 77.6 Å². The van der Waals surface area contributed by atoms with Crippen molar-refractivity contribution in [3.8, 4) is 0 Å². The summed E-state index contributed by atoms with van der Waals surface area (Å²) < 4.78 is 5.45. The Morgan fingerprint density at radius 1 is 0.973 bits per heavy atom. The molecule has 3 unspecified atom stereocenters. The van der Waals surface area contributed by atoms with E-state index in [0.29, 0.717) is 17.7 Å². The van der Waals surface area contributed by atoms with Crippen molar-refractivity contribution in [1.29, 1.82) is 0 Å². The van der Waals surface area contributed by atoms with E-state index < -0.39 is 23.8 Å². The maximum Gasteiger partial charge on any atom is 0.408 e. The van der Waals surface area contributed by atoms with Crippen LogP contribution in [0.15, 0.2) is 48.5 Å². The van der Waals surface area contributed by atoms with Gasteiger partial charge in [-0.25, -0.2) is 4.79 Å². The number of rotatable bonds is 9. The van der Waals surface area contributed by atoms with Crippen molar-refractivity contribution in [2.75, 3.05) is 5.32 Å².